The third-order valence-electron chi connectivity index (χ3n) is 2.91. The number of fused-ring (bicyclic) bond motifs is 1. The van der Waals surface area contributed by atoms with E-state index in [1.54, 1.807) is 19.1 Å². The lowest BCUT2D eigenvalue weighted by Gasteiger charge is -2.14. The van der Waals surface area contributed by atoms with Gasteiger partial charge in [-0.1, -0.05) is 29.1 Å². The maximum Gasteiger partial charge on any atom is 0.243 e. The highest BCUT2D eigenvalue weighted by atomic mass is 35.5. The number of aromatic nitrogens is 1. The molecular formula is C14H12Cl2N2O. The molecule has 0 aliphatic carbocycles. The summed E-state index contributed by atoms with van der Waals surface area (Å²) < 4.78 is 1.82. The summed E-state index contributed by atoms with van der Waals surface area (Å²) in [5.41, 5.74) is 0.820. The van der Waals surface area contributed by atoms with E-state index < -0.39 is 0 Å². The van der Waals surface area contributed by atoms with Gasteiger partial charge in [0.05, 0.1) is 17.1 Å². The van der Waals surface area contributed by atoms with Gasteiger partial charge >= 0.3 is 0 Å². The smallest absolute Gasteiger partial charge is 0.243 e. The van der Waals surface area contributed by atoms with Crippen molar-refractivity contribution in [2.75, 3.05) is 6.54 Å². The second-order valence-electron chi connectivity index (χ2n) is 4.14. The largest absolute Gasteiger partial charge is 0.343 e. The van der Waals surface area contributed by atoms with Crippen molar-refractivity contribution in [2.45, 2.75) is 13.0 Å². The van der Waals surface area contributed by atoms with Crippen molar-refractivity contribution < 1.29 is 4.79 Å². The van der Waals surface area contributed by atoms with Gasteiger partial charge in [0.15, 0.2) is 0 Å². The van der Waals surface area contributed by atoms with Gasteiger partial charge in [-0.3, -0.25) is 4.79 Å². The number of rotatable bonds is 3. The van der Waals surface area contributed by atoms with Gasteiger partial charge < -0.3 is 9.88 Å². The summed E-state index contributed by atoms with van der Waals surface area (Å²) in [6.07, 6.45) is 6.93. The Balaban J connectivity index is 2.41. The van der Waals surface area contributed by atoms with Crippen LogP contribution in [0.15, 0.2) is 24.4 Å². The highest BCUT2D eigenvalue weighted by molar-refractivity contribution is 6.38. The van der Waals surface area contributed by atoms with Crippen LogP contribution in [0.1, 0.15) is 13.0 Å². The normalized spacial score (nSPS) is 12.1. The van der Waals surface area contributed by atoms with Crippen LogP contribution in [0, 0.1) is 12.3 Å². The zero-order valence-corrected chi connectivity index (χ0v) is 11.8. The molecule has 1 heterocycles. The van der Waals surface area contributed by atoms with Gasteiger partial charge in [-0.2, -0.15) is 0 Å². The van der Waals surface area contributed by atoms with Crippen molar-refractivity contribution in [1.29, 1.82) is 0 Å². The zero-order valence-electron chi connectivity index (χ0n) is 10.3. The zero-order chi connectivity index (χ0) is 14.0. The number of halogens is 2. The maximum atomic E-state index is 11.9. The molecule has 0 radical (unpaired) electrons. The van der Waals surface area contributed by atoms with Crippen LogP contribution in [0.4, 0.5) is 0 Å². The predicted molar refractivity (Wildman–Crippen MR) is 78.5 cm³/mol. The van der Waals surface area contributed by atoms with Crippen LogP contribution >= 0.6 is 23.2 Å². The molecule has 2 aromatic rings. The Morgan fingerprint density at radius 1 is 1.53 bits per heavy atom. The lowest BCUT2D eigenvalue weighted by molar-refractivity contribution is -0.123. The Kier molecular flexibility index (Phi) is 4.04. The summed E-state index contributed by atoms with van der Waals surface area (Å²) in [6.45, 7) is 2.00. The van der Waals surface area contributed by atoms with Gasteiger partial charge in [-0.05, 0) is 25.1 Å². The van der Waals surface area contributed by atoms with E-state index in [-0.39, 0.29) is 18.5 Å². The van der Waals surface area contributed by atoms with Crippen LogP contribution in [0.5, 0.6) is 0 Å². The minimum absolute atomic E-state index is 0.147. The van der Waals surface area contributed by atoms with E-state index in [2.05, 4.69) is 11.2 Å². The molecule has 0 fully saturated rings. The van der Waals surface area contributed by atoms with Gasteiger partial charge in [-0.25, -0.2) is 0 Å². The number of nitrogens with zero attached hydrogens (tertiary/aromatic N) is 1. The number of hydrogen-bond donors (Lipinski definition) is 1. The van der Waals surface area contributed by atoms with Crippen molar-refractivity contribution in [3.05, 3.63) is 34.4 Å². The standard InChI is InChI=1S/C14H12Cl2N2O/c1-3-5-17-14(19)9(2)18-6-4-11-12(16)7-10(15)8-13(11)18/h1,4,6-9H,5H2,2H3,(H,17,19). The van der Waals surface area contributed by atoms with Gasteiger partial charge in [-0.15, -0.1) is 6.42 Å². The number of carbonyl (C=O) groups is 1. The average molecular weight is 295 g/mol. The minimum atomic E-state index is -0.389. The maximum absolute atomic E-state index is 11.9. The first-order chi connectivity index (χ1) is 9.04. The number of amides is 1. The SMILES string of the molecule is C#CCNC(=O)C(C)n1ccc2c(Cl)cc(Cl)cc21. The highest BCUT2D eigenvalue weighted by Gasteiger charge is 2.17. The molecule has 0 aliphatic heterocycles. The number of hydrogen-bond acceptors (Lipinski definition) is 1. The lowest BCUT2D eigenvalue weighted by Crippen LogP contribution is -2.30. The van der Waals surface area contributed by atoms with Gasteiger partial charge in [0, 0.05) is 16.6 Å². The topological polar surface area (TPSA) is 34.0 Å². The molecule has 0 aliphatic rings. The summed E-state index contributed by atoms with van der Waals surface area (Å²) in [6, 6.07) is 4.94. The average Bonchev–Trinajstić information content (AvgIpc) is 2.78. The highest BCUT2D eigenvalue weighted by Crippen LogP contribution is 2.30. The fourth-order valence-corrected chi connectivity index (χ4v) is 2.48. The molecular weight excluding hydrogens is 283 g/mol. The predicted octanol–water partition coefficient (Wildman–Crippen LogP) is 3.26. The van der Waals surface area contributed by atoms with Crippen LogP contribution in [-0.2, 0) is 4.79 Å². The molecule has 0 spiro atoms. The molecule has 1 aromatic heterocycles. The lowest BCUT2D eigenvalue weighted by atomic mass is 10.2. The molecule has 2 rings (SSSR count). The Morgan fingerprint density at radius 2 is 2.26 bits per heavy atom. The van der Waals surface area contributed by atoms with Crippen molar-refractivity contribution in [1.82, 2.24) is 9.88 Å². The number of benzene rings is 1. The molecule has 0 saturated carbocycles. The second-order valence-corrected chi connectivity index (χ2v) is 4.98. The fourth-order valence-electron chi connectivity index (χ4n) is 1.93. The molecule has 5 heteroatoms. The van der Waals surface area contributed by atoms with Crippen molar-refractivity contribution in [2.24, 2.45) is 0 Å². The van der Waals surface area contributed by atoms with Crippen LogP contribution in [0.2, 0.25) is 10.0 Å². The Morgan fingerprint density at radius 3 is 2.95 bits per heavy atom. The molecule has 3 nitrogen and oxygen atoms in total. The minimum Gasteiger partial charge on any atom is -0.343 e. The van der Waals surface area contributed by atoms with Crippen molar-refractivity contribution >= 4 is 40.0 Å². The summed E-state index contributed by atoms with van der Waals surface area (Å²) in [5, 5.41) is 4.62. The first kappa shape index (κ1) is 13.8. The van der Waals surface area contributed by atoms with E-state index in [9.17, 15) is 4.79 Å². The number of nitrogens with one attached hydrogen (secondary N) is 1. The molecule has 1 unspecified atom stereocenters. The molecule has 19 heavy (non-hydrogen) atoms. The van der Waals surface area contributed by atoms with Crippen molar-refractivity contribution in [3.63, 3.8) is 0 Å². The van der Waals surface area contributed by atoms with E-state index in [0.717, 1.165) is 10.9 Å². The van der Waals surface area contributed by atoms with Crippen LogP contribution in [-0.4, -0.2) is 17.0 Å². The summed E-state index contributed by atoms with van der Waals surface area (Å²) in [5.74, 6) is 2.22. The molecule has 1 aromatic carbocycles. The molecule has 1 atom stereocenters. The monoisotopic (exact) mass is 294 g/mol. The Labute approximate surface area is 121 Å². The summed E-state index contributed by atoms with van der Waals surface area (Å²) >= 11 is 12.1. The summed E-state index contributed by atoms with van der Waals surface area (Å²) in [4.78, 5) is 11.9. The van der Waals surface area contributed by atoms with E-state index in [4.69, 9.17) is 29.6 Å². The second kappa shape index (κ2) is 5.56. The van der Waals surface area contributed by atoms with Crippen molar-refractivity contribution in [3.8, 4) is 12.3 Å². The van der Waals surface area contributed by atoms with Crippen LogP contribution < -0.4 is 5.32 Å². The first-order valence-electron chi connectivity index (χ1n) is 5.71. The molecule has 1 amide bonds. The molecule has 1 N–H and O–H groups in total. The number of terminal acetylenes is 1. The van der Waals surface area contributed by atoms with E-state index >= 15 is 0 Å². The van der Waals surface area contributed by atoms with Crippen LogP contribution in [0.3, 0.4) is 0 Å². The molecule has 0 saturated heterocycles. The summed E-state index contributed by atoms with van der Waals surface area (Å²) in [7, 11) is 0. The number of carbonyl (C=O) groups excluding carboxylic acids is 1. The first-order valence-corrected chi connectivity index (χ1v) is 6.47. The van der Waals surface area contributed by atoms with Gasteiger partial charge in [0.1, 0.15) is 6.04 Å². The quantitative estimate of drug-likeness (QED) is 0.866. The third kappa shape index (κ3) is 2.70. The van der Waals surface area contributed by atoms with Gasteiger partial charge in [0.25, 0.3) is 0 Å². The van der Waals surface area contributed by atoms with Crippen LogP contribution in [0.25, 0.3) is 10.9 Å². The fraction of sp³-hybridized carbons (Fsp3) is 0.214. The molecule has 0 bridgehead atoms. The van der Waals surface area contributed by atoms with E-state index in [0.29, 0.717) is 10.0 Å². The van der Waals surface area contributed by atoms with E-state index in [1.807, 2.05) is 16.8 Å². The third-order valence-corrected chi connectivity index (χ3v) is 3.44. The van der Waals surface area contributed by atoms with E-state index in [1.165, 1.54) is 0 Å². The molecule has 98 valence electrons. The Hall–Kier alpha value is -1.63. The van der Waals surface area contributed by atoms with Gasteiger partial charge in [0.2, 0.25) is 5.91 Å². The Bertz CT molecular complexity index is 670.